The Balaban J connectivity index is 1.25. The summed E-state index contributed by atoms with van der Waals surface area (Å²) < 4.78 is 6.18. The first kappa shape index (κ1) is 40.5. The molecular weight excluding hydrogens is 665 g/mol. The Morgan fingerprint density at radius 3 is 2.11 bits per heavy atom. The van der Waals surface area contributed by atoms with Crippen LogP contribution in [0, 0.1) is 68.5 Å². The molecule has 6 aliphatic rings. The number of rotatable bonds is 8. The van der Waals surface area contributed by atoms with Crippen LogP contribution in [0.3, 0.4) is 0 Å². The molecule has 0 radical (unpaired) electrons. The highest BCUT2D eigenvalue weighted by molar-refractivity contribution is 5.88. The second kappa shape index (κ2) is 13.5. The van der Waals surface area contributed by atoms with Crippen LogP contribution >= 0.6 is 0 Å². The van der Waals surface area contributed by atoms with Crippen LogP contribution in [0.5, 0.6) is 0 Å². The van der Waals surface area contributed by atoms with Crippen molar-refractivity contribution in [2.24, 2.45) is 68.5 Å². The number of nitrogens with one attached hydrogen (secondary N) is 2. The Hall–Kier alpha value is -2.12. The van der Waals surface area contributed by atoms with Gasteiger partial charge in [-0.3, -0.25) is 14.4 Å². The van der Waals surface area contributed by atoms with E-state index in [0.717, 1.165) is 64.2 Å². The lowest BCUT2D eigenvalue weighted by Gasteiger charge is -2.73. The van der Waals surface area contributed by atoms with E-state index in [1.54, 1.807) is 13.8 Å². The number of carbonyl (C=O) groups is 4. The van der Waals surface area contributed by atoms with E-state index < -0.39 is 22.9 Å². The Kier molecular flexibility index (Phi) is 10.3. The number of Topliss-reactive ketones (excluding diaryl/α,β-unsaturated/α-hetero) is 1. The van der Waals surface area contributed by atoms with E-state index in [4.69, 9.17) is 4.74 Å². The summed E-state index contributed by atoms with van der Waals surface area (Å²) in [5.74, 6) is 0.951. The van der Waals surface area contributed by atoms with Crippen molar-refractivity contribution < 1.29 is 29.0 Å². The molecular formula is C45H74N2O6. The number of aliphatic carboxylic acids is 1. The summed E-state index contributed by atoms with van der Waals surface area (Å²) in [5.41, 5.74) is -2.01. The Bertz CT molecular complexity index is 1460. The van der Waals surface area contributed by atoms with Gasteiger partial charge in [-0.15, -0.1) is 0 Å². The van der Waals surface area contributed by atoms with Crippen molar-refractivity contribution in [3.8, 4) is 0 Å². The number of fused-ring (bicyclic) bond motifs is 7. The molecule has 6 rings (SSSR count). The lowest BCUT2D eigenvalue weighted by molar-refractivity contribution is -0.247. The van der Waals surface area contributed by atoms with Crippen molar-refractivity contribution in [1.82, 2.24) is 10.6 Å². The van der Waals surface area contributed by atoms with Gasteiger partial charge in [0.2, 0.25) is 0 Å². The molecule has 0 saturated heterocycles. The minimum atomic E-state index is -1.16. The summed E-state index contributed by atoms with van der Waals surface area (Å²) in [7, 11) is 0. The minimum absolute atomic E-state index is 0.0330. The van der Waals surface area contributed by atoms with Gasteiger partial charge in [-0.25, -0.2) is 4.79 Å². The van der Waals surface area contributed by atoms with E-state index in [1.165, 1.54) is 19.3 Å². The zero-order valence-corrected chi connectivity index (χ0v) is 35.2. The molecule has 6 fully saturated rings. The highest BCUT2D eigenvalue weighted by Gasteiger charge is 2.72. The number of carboxylic acid groups (broad SMARTS) is 1. The monoisotopic (exact) mass is 739 g/mol. The van der Waals surface area contributed by atoms with Gasteiger partial charge < -0.3 is 20.5 Å². The molecule has 8 heteroatoms. The van der Waals surface area contributed by atoms with Gasteiger partial charge in [0.1, 0.15) is 11.9 Å². The first-order valence-electron chi connectivity index (χ1n) is 21.5. The lowest BCUT2D eigenvalue weighted by Crippen LogP contribution is -2.70. The number of amides is 2. The molecule has 0 aromatic heterocycles. The summed E-state index contributed by atoms with van der Waals surface area (Å²) in [4.78, 5) is 53.1. The highest BCUT2D eigenvalue weighted by Crippen LogP contribution is 2.76. The molecule has 0 aromatic carbocycles. The van der Waals surface area contributed by atoms with Crippen molar-refractivity contribution in [1.29, 1.82) is 0 Å². The Morgan fingerprint density at radius 1 is 0.830 bits per heavy atom. The molecule has 10 atom stereocenters. The zero-order valence-electron chi connectivity index (χ0n) is 35.2. The summed E-state index contributed by atoms with van der Waals surface area (Å²) in [6.07, 6.45) is 14.1. The number of hydrogen-bond acceptors (Lipinski definition) is 5. The summed E-state index contributed by atoms with van der Waals surface area (Å²) in [6.45, 7) is 24.2. The smallest absolute Gasteiger partial charge is 0.315 e. The molecule has 8 nitrogen and oxygen atoms in total. The molecule has 3 N–H and O–H groups in total. The number of urea groups is 1. The summed E-state index contributed by atoms with van der Waals surface area (Å²) in [6, 6.07) is -0.0921. The molecule has 0 aliphatic heterocycles. The van der Waals surface area contributed by atoms with Crippen molar-refractivity contribution in [3.05, 3.63) is 0 Å². The second-order valence-electron chi connectivity index (χ2n) is 22.1. The fourth-order valence-electron chi connectivity index (χ4n) is 14.8. The molecule has 53 heavy (non-hydrogen) atoms. The number of carboxylic acids is 1. The standard InChI is InChI=1S/C45H74N2O6/c1-27(2)35-30(48)25-45(47-38(52)46-41(7,8)28-15-13-12-14-16-28)24-23-43(10)29(36(35)45)17-18-32-42(9)21-20-33(53-34(49)26-39(3,4)37(50)51)40(5,6)31(42)19-22-44(32,43)11/h27-29,31-33,35-36H,12-26H2,1-11H3,(H,50,51)(H2,46,47,52)/t29?,31?,32?,33-,35?,36?,42-,43+,44+,45?/m0/s1. The van der Waals surface area contributed by atoms with E-state index in [-0.39, 0.29) is 63.5 Å². The molecule has 0 spiro atoms. The third-order valence-corrected chi connectivity index (χ3v) is 17.9. The maximum Gasteiger partial charge on any atom is 0.315 e. The van der Waals surface area contributed by atoms with Crippen LogP contribution < -0.4 is 10.6 Å². The first-order valence-corrected chi connectivity index (χ1v) is 21.5. The van der Waals surface area contributed by atoms with Gasteiger partial charge >= 0.3 is 18.0 Å². The largest absolute Gasteiger partial charge is 0.481 e. The van der Waals surface area contributed by atoms with Crippen LogP contribution in [0.1, 0.15) is 172 Å². The molecule has 0 aromatic rings. The predicted octanol–water partition coefficient (Wildman–Crippen LogP) is 9.73. The predicted molar refractivity (Wildman–Crippen MR) is 208 cm³/mol. The maximum absolute atomic E-state index is 14.1. The molecule has 6 aliphatic carbocycles. The van der Waals surface area contributed by atoms with E-state index in [2.05, 4.69) is 72.9 Å². The lowest BCUT2D eigenvalue weighted by atomic mass is 9.32. The number of ether oxygens (including phenoxy) is 1. The van der Waals surface area contributed by atoms with Crippen molar-refractivity contribution in [3.63, 3.8) is 0 Å². The van der Waals surface area contributed by atoms with Gasteiger partial charge in [-0.2, -0.15) is 0 Å². The molecule has 6 saturated carbocycles. The van der Waals surface area contributed by atoms with Gasteiger partial charge in [0, 0.05) is 23.3 Å². The molecule has 0 bridgehead atoms. The SMILES string of the molecule is CC(C)C1C(=O)CC2(NC(=O)NC(C)(C)C3CCCCC3)CC[C@]3(C)C(CCC4[C@@]5(C)CC[C@H](OC(=O)CC(C)(C)C(=O)O)C(C)(C)C5CC[C@]43C)C12. The second-order valence-corrected chi connectivity index (χ2v) is 22.1. The minimum Gasteiger partial charge on any atom is -0.481 e. The van der Waals surface area contributed by atoms with Crippen LogP contribution in [-0.2, 0) is 19.1 Å². The Labute approximate surface area is 320 Å². The number of esters is 1. The van der Waals surface area contributed by atoms with Gasteiger partial charge in [0.05, 0.1) is 17.4 Å². The van der Waals surface area contributed by atoms with Crippen molar-refractivity contribution in [2.45, 2.75) is 190 Å². The van der Waals surface area contributed by atoms with Crippen LogP contribution in [0.2, 0.25) is 0 Å². The quantitative estimate of drug-likeness (QED) is 0.213. The summed E-state index contributed by atoms with van der Waals surface area (Å²) in [5, 5.41) is 16.7. The van der Waals surface area contributed by atoms with Crippen molar-refractivity contribution >= 4 is 23.8 Å². The van der Waals surface area contributed by atoms with E-state index in [1.807, 2.05) is 0 Å². The fraction of sp³-hybridized carbons (Fsp3) is 0.911. The van der Waals surface area contributed by atoms with Crippen LogP contribution in [0.25, 0.3) is 0 Å². The molecule has 6 unspecified atom stereocenters. The van der Waals surface area contributed by atoms with Gasteiger partial charge in [-0.05, 0) is 144 Å². The van der Waals surface area contributed by atoms with Crippen molar-refractivity contribution in [2.75, 3.05) is 0 Å². The van der Waals surface area contributed by atoms with Crippen LogP contribution in [-0.4, -0.2) is 46.0 Å². The first-order chi connectivity index (χ1) is 24.5. The number of hydrogen-bond donors (Lipinski definition) is 3. The normalized spacial score (nSPS) is 41.4. The zero-order chi connectivity index (χ0) is 39.2. The fourth-order valence-corrected chi connectivity index (χ4v) is 14.8. The number of carbonyl (C=O) groups excluding carboxylic acids is 3. The average molecular weight is 739 g/mol. The molecule has 2 amide bonds. The van der Waals surface area contributed by atoms with E-state index in [9.17, 15) is 24.3 Å². The summed E-state index contributed by atoms with van der Waals surface area (Å²) >= 11 is 0. The Morgan fingerprint density at radius 2 is 1.49 bits per heavy atom. The van der Waals surface area contributed by atoms with Crippen LogP contribution in [0.4, 0.5) is 4.79 Å². The third kappa shape index (κ3) is 6.48. The van der Waals surface area contributed by atoms with Gasteiger partial charge in [0.25, 0.3) is 0 Å². The van der Waals surface area contributed by atoms with E-state index >= 15 is 0 Å². The van der Waals surface area contributed by atoms with Crippen LogP contribution in [0.15, 0.2) is 0 Å². The van der Waals surface area contributed by atoms with E-state index in [0.29, 0.717) is 35.9 Å². The van der Waals surface area contributed by atoms with Gasteiger partial charge in [0.15, 0.2) is 0 Å². The highest BCUT2D eigenvalue weighted by atomic mass is 16.5. The van der Waals surface area contributed by atoms with Gasteiger partial charge in [-0.1, -0.05) is 67.7 Å². The topological polar surface area (TPSA) is 122 Å². The molecule has 0 heterocycles. The number of ketones is 1. The third-order valence-electron chi connectivity index (χ3n) is 17.9. The maximum atomic E-state index is 14.1. The average Bonchev–Trinajstić information content (AvgIpc) is 3.34. The molecule has 300 valence electrons.